The molecule has 0 fully saturated rings. The second-order valence-corrected chi connectivity index (χ2v) is 7.84. The Morgan fingerprint density at radius 1 is 0.962 bits per heavy atom. The molecule has 0 saturated carbocycles. The summed E-state index contributed by atoms with van der Waals surface area (Å²) >= 11 is 0. The Bertz CT molecular complexity index is 888. The topological polar surface area (TPSA) is 113 Å². The molecular weight excluding hydrogens is 356 g/mol. The number of sulfonamides is 1. The van der Waals surface area contributed by atoms with Crippen LogP contribution in [0, 0.1) is 5.92 Å². The van der Waals surface area contributed by atoms with Crippen molar-refractivity contribution in [2.75, 3.05) is 10.0 Å². The molecule has 0 spiro atoms. The maximum Gasteiger partial charge on any atom is 0.335 e. The van der Waals surface area contributed by atoms with Crippen LogP contribution in [-0.2, 0) is 14.8 Å². The Morgan fingerprint density at radius 3 is 2.00 bits per heavy atom. The van der Waals surface area contributed by atoms with E-state index in [1.54, 1.807) is 12.1 Å². The second-order valence-electron chi connectivity index (χ2n) is 6.16. The molecular formula is C18H20N2O5S. The van der Waals surface area contributed by atoms with Gasteiger partial charge in [0.15, 0.2) is 0 Å². The number of carboxylic acids is 1. The first-order valence-electron chi connectivity index (χ1n) is 7.93. The average Bonchev–Trinajstić information content (AvgIpc) is 2.55. The first kappa shape index (κ1) is 19.5. The van der Waals surface area contributed by atoms with Crippen molar-refractivity contribution < 1.29 is 23.1 Å². The molecule has 2 aromatic carbocycles. The van der Waals surface area contributed by atoms with E-state index in [2.05, 4.69) is 10.0 Å². The normalized spacial score (nSPS) is 11.2. The van der Waals surface area contributed by atoms with Crippen LogP contribution in [-0.4, -0.2) is 25.4 Å². The molecule has 8 heteroatoms. The molecule has 0 unspecified atom stereocenters. The fraction of sp³-hybridized carbons (Fsp3) is 0.222. The standard InChI is InChI=1S/C18H20N2O5S/c1-12(2)11-17(21)19-14-5-7-15(8-6-14)20-26(24,25)16-9-3-13(4-10-16)18(22)23/h3-10,12,20H,11H2,1-2H3,(H,19,21)(H,22,23). The molecule has 0 aromatic heterocycles. The van der Waals surface area contributed by atoms with Gasteiger partial charge in [0.2, 0.25) is 5.91 Å². The molecule has 0 radical (unpaired) electrons. The van der Waals surface area contributed by atoms with Crippen molar-refractivity contribution in [1.82, 2.24) is 0 Å². The lowest BCUT2D eigenvalue weighted by Crippen LogP contribution is -2.14. The van der Waals surface area contributed by atoms with Crippen LogP contribution in [0.1, 0.15) is 30.6 Å². The van der Waals surface area contributed by atoms with Gasteiger partial charge in [-0.2, -0.15) is 0 Å². The van der Waals surface area contributed by atoms with Gasteiger partial charge >= 0.3 is 5.97 Å². The zero-order chi connectivity index (χ0) is 19.3. The highest BCUT2D eigenvalue weighted by molar-refractivity contribution is 7.92. The van der Waals surface area contributed by atoms with Crippen LogP contribution in [0.25, 0.3) is 0 Å². The van der Waals surface area contributed by atoms with Crippen LogP contribution in [0.5, 0.6) is 0 Å². The Kier molecular flexibility index (Phi) is 5.99. The van der Waals surface area contributed by atoms with Gasteiger partial charge in [-0.3, -0.25) is 9.52 Å². The van der Waals surface area contributed by atoms with Gasteiger partial charge in [0, 0.05) is 17.8 Å². The smallest absolute Gasteiger partial charge is 0.335 e. The lowest BCUT2D eigenvalue weighted by molar-refractivity contribution is -0.116. The summed E-state index contributed by atoms with van der Waals surface area (Å²) in [7, 11) is -3.84. The van der Waals surface area contributed by atoms with Crippen LogP contribution in [0.4, 0.5) is 11.4 Å². The van der Waals surface area contributed by atoms with Crippen molar-refractivity contribution in [3.8, 4) is 0 Å². The Hall–Kier alpha value is -2.87. The van der Waals surface area contributed by atoms with Gasteiger partial charge in [-0.15, -0.1) is 0 Å². The van der Waals surface area contributed by atoms with E-state index < -0.39 is 16.0 Å². The average molecular weight is 376 g/mol. The monoisotopic (exact) mass is 376 g/mol. The summed E-state index contributed by atoms with van der Waals surface area (Å²) in [4.78, 5) is 22.5. The number of carbonyl (C=O) groups is 2. The number of carboxylic acid groups (broad SMARTS) is 1. The van der Waals surface area contributed by atoms with Gasteiger partial charge in [-0.25, -0.2) is 13.2 Å². The fourth-order valence-electron chi connectivity index (χ4n) is 2.20. The second kappa shape index (κ2) is 8.01. The number of hydrogen-bond acceptors (Lipinski definition) is 4. The zero-order valence-electron chi connectivity index (χ0n) is 14.4. The van der Waals surface area contributed by atoms with Crippen molar-refractivity contribution >= 4 is 33.3 Å². The molecule has 2 rings (SSSR count). The molecule has 0 heterocycles. The molecule has 2 aromatic rings. The molecule has 0 bridgehead atoms. The number of benzene rings is 2. The van der Waals surface area contributed by atoms with E-state index in [1.165, 1.54) is 36.4 Å². The molecule has 3 N–H and O–H groups in total. The molecule has 26 heavy (non-hydrogen) atoms. The predicted octanol–water partition coefficient (Wildman–Crippen LogP) is 3.17. The van der Waals surface area contributed by atoms with Gasteiger partial charge in [0.05, 0.1) is 10.5 Å². The molecule has 0 saturated heterocycles. The van der Waals surface area contributed by atoms with Crippen molar-refractivity contribution in [2.45, 2.75) is 25.2 Å². The number of carbonyl (C=O) groups excluding carboxylic acids is 1. The molecule has 0 aliphatic heterocycles. The van der Waals surface area contributed by atoms with E-state index in [4.69, 9.17) is 5.11 Å². The number of hydrogen-bond donors (Lipinski definition) is 3. The summed E-state index contributed by atoms with van der Waals surface area (Å²) in [6.45, 7) is 3.89. The van der Waals surface area contributed by atoms with Gasteiger partial charge in [-0.05, 0) is 54.4 Å². The number of aromatic carboxylic acids is 1. The lowest BCUT2D eigenvalue weighted by Gasteiger charge is -2.10. The Balaban J connectivity index is 2.07. The molecule has 1 amide bonds. The van der Waals surface area contributed by atoms with Crippen LogP contribution in [0.2, 0.25) is 0 Å². The highest BCUT2D eigenvalue weighted by Gasteiger charge is 2.15. The molecule has 0 aliphatic rings. The summed E-state index contributed by atoms with van der Waals surface area (Å²) in [6.07, 6.45) is 0.403. The minimum atomic E-state index is -3.84. The highest BCUT2D eigenvalue weighted by atomic mass is 32.2. The van der Waals surface area contributed by atoms with Crippen LogP contribution in [0.3, 0.4) is 0 Å². The molecule has 0 atom stereocenters. The summed E-state index contributed by atoms with van der Waals surface area (Å²) in [6, 6.07) is 11.2. The Morgan fingerprint density at radius 2 is 1.50 bits per heavy atom. The first-order chi connectivity index (χ1) is 12.2. The third-order valence-corrected chi connectivity index (χ3v) is 4.82. The van der Waals surface area contributed by atoms with E-state index in [-0.39, 0.29) is 22.3 Å². The van der Waals surface area contributed by atoms with Gasteiger partial charge in [-0.1, -0.05) is 13.8 Å². The minimum Gasteiger partial charge on any atom is -0.478 e. The third kappa shape index (κ3) is 5.32. The zero-order valence-corrected chi connectivity index (χ0v) is 15.2. The number of anilines is 2. The van der Waals surface area contributed by atoms with E-state index in [1.807, 2.05) is 13.8 Å². The third-order valence-electron chi connectivity index (χ3n) is 3.43. The van der Waals surface area contributed by atoms with Crippen molar-refractivity contribution in [3.05, 3.63) is 54.1 Å². The van der Waals surface area contributed by atoms with E-state index in [0.717, 1.165) is 0 Å². The van der Waals surface area contributed by atoms with Crippen LogP contribution in [0.15, 0.2) is 53.4 Å². The van der Waals surface area contributed by atoms with Gasteiger partial charge in [0.1, 0.15) is 0 Å². The highest BCUT2D eigenvalue weighted by Crippen LogP contribution is 2.19. The van der Waals surface area contributed by atoms with E-state index in [9.17, 15) is 18.0 Å². The number of amides is 1. The Labute approximate surface area is 152 Å². The maximum absolute atomic E-state index is 12.3. The van der Waals surface area contributed by atoms with Crippen molar-refractivity contribution in [3.63, 3.8) is 0 Å². The largest absolute Gasteiger partial charge is 0.478 e. The van der Waals surface area contributed by atoms with Crippen LogP contribution < -0.4 is 10.0 Å². The van der Waals surface area contributed by atoms with Crippen LogP contribution >= 0.6 is 0 Å². The number of nitrogens with one attached hydrogen (secondary N) is 2. The van der Waals surface area contributed by atoms with Crippen molar-refractivity contribution in [2.24, 2.45) is 5.92 Å². The summed E-state index contributed by atoms with van der Waals surface area (Å²) in [5, 5.41) is 11.6. The minimum absolute atomic E-state index is 0.00504. The first-order valence-corrected chi connectivity index (χ1v) is 9.42. The SMILES string of the molecule is CC(C)CC(=O)Nc1ccc(NS(=O)(=O)c2ccc(C(=O)O)cc2)cc1. The predicted molar refractivity (Wildman–Crippen MR) is 98.7 cm³/mol. The maximum atomic E-state index is 12.3. The number of rotatable bonds is 7. The lowest BCUT2D eigenvalue weighted by atomic mass is 10.1. The summed E-state index contributed by atoms with van der Waals surface area (Å²) < 4.78 is 27.1. The summed E-state index contributed by atoms with van der Waals surface area (Å²) in [5.41, 5.74) is 0.907. The van der Waals surface area contributed by atoms with Gasteiger partial charge < -0.3 is 10.4 Å². The van der Waals surface area contributed by atoms with E-state index >= 15 is 0 Å². The fourth-order valence-corrected chi connectivity index (χ4v) is 3.25. The quantitative estimate of drug-likeness (QED) is 0.687. The van der Waals surface area contributed by atoms with E-state index in [0.29, 0.717) is 17.8 Å². The van der Waals surface area contributed by atoms with Crippen molar-refractivity contribution in [1.29, 1.82) is 0 Å². The van der Waals surface area contributed by atoms with Gasteiger partial charge in [0.25, 0.3) is 10.0 Å². The molecule has 0 aliphatic carbocycles. The molecule has 138 valence electrons. The molecule has 7 nitrogen and oxygen atoms in total. The summed E-state index contributed by atoms with van der Waals surface area (Å²) in [5.74, 6) is -0.988.